The molecule has 1 unspecified atom stereocenters. The van der Waals surface area contributed by atoms with Gasteiger partial charge < -0.3 is 15.0 Å². The molecule has 0 saturated heterocycles. The van der Waals surface area contributed by atoms with Gasteiger partial charge in [-0.2, -0.15) is 0 Å². The van der Waals surface area contributed by atoms with Crippen LogP contribution in [0.25, 0.3) is 16.6 Å². The zero-order valence-electron chi connectivity index (χ0n) is 14.4. The van der Waals surface area contributed by atoms with Gasteiger partial charge in [0.15, 0.2) is 0 Å². The number of carbonyl (C=O) groups excluding carboxylic acids is 1. The Morgan fingerprint density at radius 2 is 2.25 bits per heavy atom. The first-order valence-electron chi connectivity index (χ1n) is 8.16. The Balaban J connectivity index is 2.16. The van der Waals surface area contributed by atoms with E-state index in [-0.39, 0.29) is 17.5 Å². The van der Waals surface area contributed by atoms with Crippen molar-refractivity contribution in [3.63, 3.8) is 0 Å². The molecule has 2 N–H and O–H groups in total. The highest BCUT2D eigenvalue weighted by atomic mass is 35.5. The van der Waals surface area contributed by atoms with Crippen molar-refractivity contribution in [2.45, 2.75) is 45.6 Å². The van der Waals surface area contributed by atoms with Gasteiger partial charge in [0.25, 0.3) is 0 Å². The number of aromatic nitrogens is 2. The van der Waals surface area contributed by atoms with Gasteiger partial charge >= 0.3 is 5.97 Å². The Kier molecular flexibility index (Phi) is 4.30. The van der Waals surface area contributed by atoms with Gasteiger partial charge in [0, 0.05) is 29.9 Å². The minimum absolute atomic E-state index is 0.130. The number of nitrogens with zero attached hydrogens (tertiary/aromatic N) is 1. The summed E-state index contributed by atoms with van der Waals surface area (Å²) in [4.78, 5) is 20.5. The number of carbonyl (C=O) groups is 1. The Hall–Kier alpha value is -2.01. The van der Waals surface area contributed by atoms with E-state index < -0.39 is 0 Å². The molecule has 2 aromatic heterocycles. The molecule has 1 atom stereocenters. The highest BCUT2D eigenvalue weighted by Gasteiger charge is 2.34. The van der Waals surface area contributed by atoms with Crippen molar-refractivity contribution in [3.05, 3.63) is 34.7 Å². The molecule has 24 heavy (non-hydrogen) atoms. The van der Waals surface area contributed by atoms with Gasteiger partial charge in [0.2, 0.25) is 0 Å². The van der Waals surface area contributed by atoms with Crippen molar-refractivity contribution in [1.82, 2.24) is 15.3 Å². The molecule has 3 rings (SSSR count). The van der Waals surface area contributed by atoms with Gasteiger partial charge in [-0.15, -0.1) is 0 Å². The molecule has 0 radical (unpaired) electrons. The van der Waals surface area contributed by atoms with E-state index in [9.17, 15) is 4.79 Å². The van der Waals surface area contributed by atoms with Gasteiger partial charge in [-0.1, -0.05) is 32.4 Å². The summed E-state index contributed by atoms with van der Waals surface area (Å²) < 4.78 is 5.53. The second-order valence-electron chi connectivity index (χ2n) is 6.87. The standard InChI is InChI=1S/C18H22ClN3O2/c1-5-10(2)24-17(23)12-8-20-9-18(3,4)14-15(12)22-13-6-11(19)7-21-16(13)14/h6-8,10,20,22H,5,9H2,1-4H3. The third-order valence-electron chi connectivity index (χ3n) is 4.44. The summed E-state index contributed by atoms with van der Waals surface area (Å²) in [6.07, 6.45) is 4.01. The number of fused-ring (bicyclic) bond motifs is 3. The normalized spacial score (nSPS) is 17.5. The van der Waals surface area contributed by atoms with Gasteiger partial charge in [0.1, 0.15) is 0 Å². The third kappa shape index (κ3) is 2.88. The lowest BCUT2D eigenvalue weighted by atomic mass is 9.83. The van der Waals surface area contributed by atoms with Gasteiger partial charge in [-0.3, -0.25) is 4.98 Å². The smallest absolute Gasteiger partial charge is 0.342 e. The van der Waals surface area contributed by atoms with Crippen LogP contribution in [0.1, 0.15) is 45.4 Å². The molecule has 5 nitrogen and oxygen atoms in total. The molecule has 2 aromatic rings. The Morgan fingerprint density at radius 3 is 2.96 bits per heavy atom. The molecule has 0 saturated carbocycles. The minimum Gasteiger partial charge on any atom is -0.459 e. The average molecular weight is 348 g/mol. The quantitative estimate of drug-likeness (QED) is 0.829. The number of ether oxygens (including phenoxy) is 1. The van der Waals surface area contributed by atoms with Crippen molar-refractivity contribution < 1.29 is 9.53 Å². The van der Waals surface area contributed by atoms with Crippen LogP contribution < -0.4 is 5.32 Å². The average Bonchev–Trinajstić information content (AvgIpc) is 2.83. The van der Waals surface area contributed by atoms with Crippen LogP contribution in [-0.2, 0) is 14.9 Å². The van der Waals surface area contributed by atoms with Crippen molar-refractivity contribution in [2.24, 2.45) is 0 Å². The maximum absolute atomic E-state index is 12.6. The number of aromatic amines is 1. The van der Waals surface area contributed by atoms with E-state index in [0.29, 0.717) is 17.1 Å². The number of halogens is 1. The molecule has 0 aromatic carbocycles. The number of rotatable bonds is 3. The highest BCUT2D eigenvalue weighted by Crippen LogP contribution is 2.38. The largest absolute Gasteiger partial charge is 0.459 e. The fourth-order valence-electron chi connectivity index (χ4n) is 2.97. The monoisotopic (exact) mass is 347 g/mol. The molecule has 0 spiro atoms. The summed E-state index contributed by atoms with van der Waals surface area (Å²) in [5, 5.41) is 3.79. The van der Waals surface area contributed by atoms with Crippen LogP contribution in [0, 0.1) is 0 Å². The van der Waals surface area contributed by atoms with Gasteiger partial charge in [-0.05, 0) is 19.4 Å². The number of nitrogens with one attached hydrogen (secondary N) is 2. The number of H-pyrrole nitrogens is 1. The summed E-state index contributed by atoms with van der Waals surface area (Å²) in [6, 6.07) is 1.83. The van der Waals surface area contributed by atoms with Gasteiger partial charge in [0.05, 0.1) is 33.4 Å². The molecule has 0 aliphatic carbocycles. The Labute approximate surface area is 146 Å². The lowest BCUT2D eigenvalue weighted by molar-refractivity contribution is -0.141. The summed E-state index contributed by atoms with van der Waals surface area (Å²) in [5.74, 6) is -0.339. The van der Waals surface area contributed by atoms with Crippen LogP contribution in [-0.4, -0.2) is 28.6 Å². The summed E-state index contributed by atoms with van der Waals surface area (Å²) in [5.41, 5.74) is 3.71. The molecule has 1 aliphatic heterocycles. The molecule has 6 heteroatoms. The van der Waals surface area contributed by atoms with Crippen LogP contribution in [0.4, 0.5) is 0 Å². The fraction of sp³-hybridized carbons (Fsp3) is 0.444. The SMILES string of the molecule is CCC(C)OC(=O)C1=CNCC(C)(C)c2c1[nH]c1cc(Cl)cnc21. The van der Waals surface area contributed by atoms with Crippen LogP contribution in [0.2, 0.25) is 5.02 Å². The molecule has 1 aliphatic rings. The Morgan fingerprint density at radius 1 is 1.50 bits per heavy atom. The fourth-order valence-corrected chi connectivity index (χ4v) is 3.13. The molecule has 128 valence electrons. The van der Waals surface area contributed by atoms with Crippen molar-refractivity contribution >= 4 is 34.2 Å². The predicted octanol–water partition coefficient (Wildman–Crippen LogP) is 3.78. The highest BCUT2D eigenvalue weighted by molar-refractivity contribution is 6.31. The van der Waals surface area contributed by atoms with Crippen LogP contribution in [0.3, 0.4) is 0 Å². The Bertz CT molecular complexity index is 823. The zero-order valence-corrected chi connectivity index (χ0v) is 15.1. The van der Waals surface area contributed by atoms with E-state index in [1.54, 1.807) is 12.4 Å². The van der Waals surface area contributed by atoms with E-state index in [4.69, 9.17) is 16.3 Å². The predicted molar refractivity (Wildman–Crippen MR) is 96.0 cm³/mol. The summed E-state index contributed by atoms with van der Waals surface area (Å²) >= 11 is 6.07. The molecule has 0 amide bonds. The first-order chi connectivity index (χ1) is 11.3. The third-order valence-corrected chi connectivity index (χ3v) is 4.65. The van der Waals surface area contributed by atoms with Crippen molar-refractivity contribution in [3.8, 4) is 0 Å². The number of hydrogen-bond donors (Lipinski definition) is 2. The summed E-state index contributed by atoms with van der Waals surface area (Å²) in [6.45, 7) is 8.82. The number of hydrogen-bond acceptors (Lipinski definition) is 4. The molecule has 0 bridgehead atoms. The van der Waals surface area contributed by atoms with Crippen LogP contribution in [0.15, 0.2) is 18.5 Å². The lowest BCUT2D eigenvalue weighted by Gasteiger charge is -2.23. The second-order valence-corrected chi connectivity index (χ2v) is 7.31. The van der Waals surface area contributed by atoms with Crippen molar-refractivity contribution in [1.29, 1.82) is 0 Å². The first-order valence-corrected chi connectivity index (χ1v) is 8.54. The zero-order chi connectivity index (χ0) is 17.5. The molecular formula is C18H22ClN3O2. The van der Waals surface area contributed by atoms with E-state index in [1.165, 1.54) is 0 Å². The maximum Gasteiger partial charge on any atom is 0.342 e. The van der Waals surface area contributed by atoms with Gasteiger partial charge in [-0.25, -0.2) is 4.79 Å². The van der Waals surface area contributed by atoms with Crippen molar-refractivity contribution in [2.75, 3.05) is 6.54 Å². The summed E-state index contributed by atoms with van der Waals surface area (Å²) in [7, 11) is 0. The van der Waals surface area contributed by atoms with E-state index >= 15 is 0 Å². The maximum atomic E-state index is 12.6. The topological polar surface area (TPSA) is 67.0 Å². The minimum atomic E-state index is -0.339. The number of pyridine rings is 1. The molecule has 3 heterocycles. The second kappa shape index (κ2) is 6.13. The number of esters is 1. The van der Waals surface area contributed by atoms with E-state index in [1.807, 2.05) is 19.9 Å². The van der Waals surface area contributed by atoms with Crippen LogP contribution >= 0.6 is 11.6 Å². The lowest BCUT2D eigenvalue weighted by Crippen LogP contribution is -2.29. The van der Waals surface area contributed by atoms with E-state index in [0.717, 1.165) is 28.7 Å². The van der Waals surface area contributed by atoms with Crippen LogP contribution in [0.5, 0.6) is 0 Å². The van der Waals surface area contributed by atoms with E-state index in [2.05, 4.69) is 29.1 Å². The molecule has 0 fully saturated rings. The molecular weight excluding hydrogens is 326 g/mol. The first kappa shape index (κ1) is 16.8.